The number of hydrogen-bond donors (Lipinski definition) is 2. The van der Waals surface area contributed by atoms with Gasteiger partial charge in [-0.1, -0.05) is 0 Å². The molecule has 2 rings (SSSR count). The fraction of sp³-hybridized carbons (Fsp3) is 0.333. The minimum Gasteiger partial charge on any atom is -0.396 e. The van der Waals surface area contributed by atoms with Crippen molar-refractivity contribution in [2.45, 2.75) is 19.3 Å². The number of rotatable bonds is 6. The fourth-order valence-electron chi connectivity index (χ4n) is 1.64. The van der Waals surface area contributed by atoms with Gasteiger partial charge in [0.05, 0.1) is 11.4 Å². The molecule has 106 valence electrons. The maximum atomic E-state index is 13.6. The number of amides is 1. The number of aliphatic hydroxyl groups is 1. The number of nitrogens with zero attached hydrogens (tertiary/aromatic N) is 4. The zero-order valence-corrected chi connectivity index (χ0v) is 10.7. The van der Waals surface area contributed by atoms with Crippen molar-refractivity contribution in [1.82, 2.24) is 20.2 Å². The molecule has 0 radical (unpaired) electrons. The Morgan fingerprint density at radius 3 is 2.95 bits per heavy atom. The summed E-state index contributed by atoms with van der Waals surface area (Å²) < 4.78 is 15.0. The highest BCUT2D eigenvalue weighted by molar-refractivity contribution is 5.91. The lowest BCUT2D eigenvalue weighted by atomic mass is 10.2. The summed E-state index contributed by atoms with van der Waals surface area (Å²) in [4.78, 5) is 11.6. The first-order valence-corrected chi connectivity index (χ1v) is 6.14. The van der Waals surface area contributed by atoms with Gasteiger partial charge in [-0.15, -0.1) is 5.10 Å². The first-order valence-electron chi connectivity index (χ1n) is 6.14. The Morgan fingerprint density at radius 2 is 2.25 bits per heavy atom. The lowest BCUT2D eigenvalue weighted by Crippen LogP contribution is -2.13. The molecule has 0 aliphatic carbocycles. The molecule has 0 unspecified atom stereocenters. The number of halogens is 1. The Kier molecular flexibility index (Phi) is 4.72. The molecular formula is C12H14FN5O2. The molecule has 20 heavy (non-hydrogen) atoms. The van der Waals surface area contributed by atoms with Crippen LogP contribution in [0.5, 0.6) is 0 Å². The summed E-state index contributed by atoms with van der Waals surface area (Å²) in [6.07, 6.45) is 2.70. The van der Waals surface area contributed by atoms with E-state index in [9.17, 15) is 9.18 Å². The van der Waals surface area contributed by atoms with Gasteiger partial charge in [-0.2, -0.15) is 0 Å². The van der Waals surface area contributed by atoms with Gasteiger partial charge in [0.15, 0.2) is 0 Å². The molecule has 1 aromatic carbocycles. The van der Waals surface area contributed by atoms with Gasteiger partial charge >= 0.3 is 0 Å². The van der Waals surface area contributed by atoms with E-state index in [0.717, 1.165) is 0 Å². The van der Waals surface area contributed by atoms with E-state index in [1.807, 2.05) is 0 Å². The summed E-state index contributed by atoms with van der Waals surface area (Å²) in [7, 11) is 0. The molecule has 0 atom stereocenters. The highest BCUT2D eigenvalue weighted by atomic mass is 19.1. The largest absolute Gasteiger partial charge is 0.396 e. The van der Waals surface area contributed by atoms with Gasteiger partial charge in [-0.3, -0.25) is 4.79 Å². The molecule has 0 aliphatic heterocycles. The molecule has 8 heteroatoms. The minimum absolute atomic E-state index is 0.0381. The van der Waals surface area contributed by atoms with Crippen LogP contribution >= 0.6 is 0 Å². The average Bonchev–Trinajstić information content (AvgIpc) is 2.95. The van der Waals surface area contributed by atoms with E-state index in [1.165, 1.54) is 29.2 Å². The molecule has 0 saturated heterocycles. The van der Waals surface area contributed by atoms with Gasteiger partial charge in [0.1, 0.15) is 12.1 Å². The van der Waals surface area contributed by atoms with Crippen molar-refractivity contribution in [1.29, 1.82) is 0 Å². The molecule has 1 aromatic heterocycles. The van der Waals surface area contributed by atoms with Gasteiger partial charge in [-0.25, -0.2) is 9.07 Å². The van der Waals surface area contributed by atoms with Crippen LogP contribution in [0, 0.1) is 5.82 Å². The van der Waals surface area contributed by atoms with Crippen LogP contribution in [0.25, 0.3) is 5.69 Å². The standard InChI is InChI=1S/C12H14FN5O2/c13-10-5-4-9(18-8-14-16-17-18)7-11(10)15-12(20)3-1-2-6-19/h4-5,7-8,19H,1-3,6H2,(H,15,20). The fourth-order valence-corrected chi connectivity index (χ4v) is 1.64. The Bertz CT molecular complexity index is 573. The van der Waals surface area contributed by atoms with Crippen LogP contribution in [0.4, 0.5) is 10.1 Å². The summed E-state index contributed by atoms with van der Waals surface area (Å²) in [5.41, 5.74) is 0.619. The van der Waals surface area contributed by atoms with Crippen molar-refractivity contribution in [3.05, 3.63) is 30.3 Å². The van der Waals surface area contributed by atoms with Gasteiger partial charge < -0.3 is 10.4 Å². The van der Waals surface area contributed by atoms with E-state index in [2.05, 4.69) is 20.8 Å². The predicted molar refractivity (Wildman–Crippen MR) is 68.7 cm³/mol. The zero-order chi connectivity index (χ0) is 14.4. The van der Waals surface area contributed by atoms with E-state index in [-0.39, 0.29) is 24.6 Å². The van der Waals surface area contributed by atoms with E-state index in [1.54, 1.807) is 0 Å². The van der Waals surface area contributed by atoms with Crippen LogP contribution in [0.2, 0.25) is 0 Å². The minimum atomic E-state index is -0.530. The second-order valence-electron chi connectivity index (χ2n) is 4.15. The number of nitrogens with one attached hydrogen (secondary N) is 1. The summed E-state index contributed by atoms with van der Waals surface area (Å²) in [5, 5.41) is 21.8. The molecule has 0 saturated carbocycles. The number of benzene rings is 1. The van der Waals surface area contributed by atoms with Crippen LogP contribution in [-0.4, -0.2) is 37.8 Å². The smallest absolute Gasteiger partial charge is 0.224 e. The van der Waals surface area contributed by atoms with Crippen molar-refractivity contribution >= 4 is 11.6 Å². The monoisotopic (exact) mass is 279 g/mol. The summed E-state index contributed by atoms with van der Waals surface area (Å²) in [5.74, 6) is -0.830. The van der Waals surface area contributed by atoms with E-state index < -0.39 is 5.82 Å². The van der Waals surface area contributed by atoms with Crippen LogP contribution < -0.4 is 5.32 Å². The first kappa shape index (κ1) is 14.1. The average molecular weight is 279 g/mol. The van der Waals surface area contributed by atoms with Crippen molar-refractivity contribution in [2.75, 3.05) is 11.9 Å². The van der Waals surface area contributed by atoms with Crippen LogP contribution in [-0.2, 0) is 4.79 Å². The topological polar surface area (TPSA) is 92.9 Å². The highest BCUT2D eigenvalue weighted by Crippen LogP contribution is 2.18. The van der Waals surface area contributed by atoms with Crippen molar-refractivity contribution in [3.8, 4) is 5.69 Å². The number of carbonyl (C=O) groups excluding carboxylic acids is 1. The SMILES string of the molecule is O=C(CCCCO)Nc1cc(-n2cnnn2)ccc1F. The Morgan fingerprint density at radius 1 is 1.40 bits per heavy atom. The van der Waals surface area contributed by atoms with E-state index in [4.69, 9.17) is 5.11 Å². The number of aliphatic hydroxyl groups excluding tert-OH is 1. The summed E-state index contributed by atoms with van der Waals surface area (Å²) in [6, 6.07) is 4.20. The van der Waals surface area contributed by atoms with E-state index >= 15 is 0 Å². The molecule has 0 bridgehead atoms. The number of aromatic nitrogens is 4. The van der Waals surface area contributed by atoms with Gasteiger partial charge in [0.25, 0.3) is 0 Å². The van der Waals surface area contributed by atoms with E-state index in [0.29, 0.717) is 18.5 Å². The molecule has 2 aromatic rings. The quantitative estimate of drug-likeness (QED) is 0.766. The maximum absolute atomic E-state index is 13.6. The molecule has 2 N–H and O–H groups in total. The lowest BCUT2D eigenvalue weighted by Gasteiger charge is -2.08. The number of hydrogen-bond acceptors (Lipinski definition) is 5. The third-order valence-corrected chi connectivity index (χ3v) is 2.65. The van der Waals surface area contributed by atoms with Gasteiger partial charge in [-0.05, 0) is 41.5 Å². The number of carbonyl (C=O) groups is 1. The lowest BCUT2D eigenvalue weighted by molar-refractivity contribution is -0.116. The van der Waals surface area contributed by atoms with Gasteiger partial charge in [0.2, 0.25) is 5.91 Å². The second kappa shape index (κ2) is 6.71. The molecule has 1 amide bonds. The molecular weight excluding hydrogens is 265 g/mol. The molecule has 7 nitrogen and oxygen atoms in total. The summed E-state index contributed by atoms with van der Waals surface area (Å²) >= 11 is 0. The number of unbranched alkanes of at least 4 members (excludes halogenated alkanes) is 1. The predicted octanol–water partition coefficient (Wildman–Crippen LogP) is 0.902. The van der Waals surface area contributed by atoms with Crippen molar-refractivity contribution in [3.63, 3.8) is 0 Å². The van der Waals surface area contributed by atoms with Crippen LogP contribution in [0.1, 0.15) is 19.3 Å². The Hall–Kier alpha value is -2.35. The maximum Gasteiger partial charge on any atom is 0.224 e. The molecule has 0 aliphatic rings. The highest BCUT2D eigenvalue weighted by Gasteiger charge is 2.09. The Labute approximate surface area is 114 Å². The zero-order valence-electron chi connectivity index (χ0n) is 10.7. The third-order valence-electron chi connectivity index (χ3n) is 2.65. The first-order chi connectivity index (χ1) is 9.70. The molecule has 0 spiro atoms. The van der Waals surface area contributed by atoms with Gasteiger partial charge in [0, 0.05) is 13.0 Å². The molecule has 0 fully saturated rings. The normalized spacial score (nSPS) is 10.5. The van der Waals surface area contributed by atoms with Crippen LogP contribution in [0.15, 0.2) is 24.5 Å². The van der Waals surface area contributed by atoms with Crippen molar-refractivity contribution in [2.24, 2.45) is 0 Å². The number of anilines is 1. The third kappa shape index (κ3) is 3.58. The molecule has 1 heterocycles. The van der Waals surface area contributed by atoms with Crippen molar-refractivity contribution < 1.29 is 14.3 Å². The summed E-state index contributed by atoms with van der Waals surface area (Å²) in [6.45, 7) is 0.0381. The second-order valence-corrected chi connectivity index (χ2v) is 4.15. The Balaban J connectivity index is 2.07. The number of tetrazole rings is 1. The van der Waals surface area contributed by atoms with Crippen LogP contribution in [0.3, 0.4) is 0 Å².